The maximum atomic E-state index is 12.7. The number of hydrogen-bond acceptors (Lipinski definition) is 4. The normalized spacial score (nSPS) is 14.1. The summed E-state index contributed by atoms with van der Waals surface area (Å²) in [5, 5.41) is 19.2. The summed E-state index contributed by atoms with van der Waals surface area (Å²) in [5.74, 6) is -1.33. The number of hydrogen-bond donors (Lipinski definition) is 2. The summed E-state index contributed by atoms with van der Waals surface area (Å²) in [5.41, 5.74) is -3.34. The largest absolute Gasteiger partial charge is 0.426 e. The lowest BCUT2D eigenvalue weighted by atomic mass is 9.93. The summed E-state index contributed by atoms with van der Waals surface area (Å²) in [7, 11) is 0. The van der Waals surface area contributed by atoms with Gasteiger partial charge in [0.2, 0.25) is 0 Å². The molecule has 0 saturated carbocycles. The number of aliphatic hydroxyl groups is 2. The first-order valence-corrected chi connectivity index (χ1v) is 10.2. The van der Waals surface area contributed by atoms with E-state index in [9.17, 15) is 36.2 Å². The molecule has 0 bridgehead atoms. The average molecular weight is 469 g/mol. The molecule has 0 amide bonds. The number of halogens is 6. The van der Waals surface area contributed by atoms with Crippen LogP contribution in [-0.4, -0.2) is 39.7 Å². The Kier molecular flexibility index (Phi) is 9.07. The minimum atomic E-state index is -6.01. The van der Waals surface area contributed by atoms with Crippen LogP contribution in [0, 0.1) is 6.92 Å². The van der Waals surface area contributed by atoms with Gasteiger partial charge in [0.1, 0.15) is 5.78 Å². The van der Waals surface area contributed by atoms with Crippen molar-refractivity contribution in [3.05, 3.63) is 29.3 Å². The van der Waals surface area contributed by atoms with Gasteiger partial charge in [0.25, 0.3) is 5.60 Å². The van der Waals surface area contributed by atoms with Crippen LogP contribution in [0.1, 0.15) is 70.4 Å². The second-order valence-electron chi connectivity index (χ2n) is 8.41. The standard InChI is InChI=1S/C22H29F6NO3/c1-5-7-16(29-18-11-10-15(12-14(18)2)19(3,4)31)8-6-9-17(30)13-20(32,21(23,24)25)22(26,27)28/h10-12,31-32H,5-9,13H2,1-4H3. The molecule has 1 aromatic carbocycles. The summed E-state index contributed by atoms with van der Waals surface area (Å²) in [4.78, 5) is 16.3. The van der Waals surface area contributed by atoms with E-state index in [2.05, 4.69) is 4.99 Å². The van der Waals surface area contributed by atoms with Crippen LogP contribution in [-0.2, 0) is 10.4 Å². The fraction of sp³-hybridized carbons (Fsp3) is 0.636. The molecule has 0 fully saturated rings. The molecule has 2 N–H and O–H groups in total. The van der Waals surface area contributed by atoms with Gasteiger partial charge in [0.05, 0.1) is 17.7 Å². The van der Waals surface area contributed by atoms with Gasteiger partial charge in [0.15, 0.2) is 0 Å². The Bertz CT molecular complexity index is 808. The molecule has 1 aromatic rings. The summed E-state index contributed by atoms with van der Waals surface area (Å²) in [6.45, 7) is 6.97. The molecule has 0 aromatic heterocycles. The Morgan fingerprint density at radius 2 is 1.53 bits per heavy atom. The number of Topliss-reactive ketones (excluding diaryl/α,β-unsaturated/α-hetero) is 1. The number of aryl methyl sites for hydroxylation is 1. The van der Waals surface area contributed by atoms with Gasteiger partial charge in [-0.3, -0.25) is 9.79 Å². The highest BCUT2D eigenvalue weighted by molar-refractivity contribution is 5.88. The minimum Gasteiger partial charge on any atom is -0.386 e. The van der Waals surface area contributed by atoms with Gasteiger partial charge >= 0.3 is 12.4 Å². The second-order valence-corrected chi connectivity index (χ2v) is 8.41. The van der Waals surface area contributed by atoms with Crippen LogP contribution in [0.3, 0.4) is 0 Å². The third kappa shape index (κ3) is 7.30. The molecule has 0 saturated heterocycles. The number of carbonyl (C=O) groups is 1. The Morgan fingerprint density at radius 1 is 0.969 bits per heavy atom. The molecule has 32 heavy (non-hydrogen) atoms. The van der Waals surface area contributed by atoms with Crippen LogP contribution in [0.15, 0.2) is 23.2 Å². The Hall–Kier alpha value is -1.94. The van der Waals surface area contributed by atoms with Crippen LogP contribution < -0.4 is 0 Å². The van der Waals surface area contributed by atoms with Crippen molar-refractivity contribution in [1.29, 1.82) is 0 Å². The van der Waals surface area contributed by atoms with Crippen molar-refractivity contribution in [2.75, 3.05) is 0 Å². The zero-order valence-electron chi connectivity index (χ0n) is 18.5. The predicted molar refractivity (Wildman–Crippen MR) is 109 cm³/mol. The van der Waals surface area contributed by atoms with E-state index in [0.717, 1.165) is 5.56 Å². The van der Waals surface area contributed by atoms with Crippen molar-refractivity contribution in [2.24, 2.45) is 4.99 Å². The summed E-state index contributed by atoms with van der Waals surface area (Å²) >= 11 is 0. The van der Waals surface area contributed by atoms with Crippen LogP contribution >= 0.6 is 0 Å². The highest BCUT2D eigenvalue weighted by Crippen LogP contribution is 2.45. The Balaban J connectivity index is 2.88. The van der Waals surface area contributed by atoms with Crippen LogP contribution in [0.2, 0.25) is 0 Å². The van der Waals surface area contributed by atoms with Gasteiger partial charge in [-0.25, -0.2) is 0 Å². The molecule has 4 nitrogen and oxygen atoms in total. The molecular formula is C22H29F6NO3. The van der Waals surface area contributed by atoms with Gasteiger partial charge in [-0.2, -0.15) is 26.3 Å². The van der Waals surface area contributed by atoms with Crippen molar-refractivity contribution in [3.63, 3.8) is 0 Å². The number of nitrogens with zero attached hydrogens (tertiary/aromatic N) is 1. The highest BCUT2D eigenvalue weighted by atomic mass is 19.4. The third-order valence-electron chi connectivity index (χ3n) is 5.03. The lowest BCUT2D eigenvalue weighted by molar-refractivity contribution is -0.367. The fourth-order valence-electron chi connectivity index (χ4n) is 3.08. The minimum absolute atomic E-state index is 0.00423. The molecule has 0 atom stereocenters. The summed E-state index contributed by atoms with van der Waals surface area (Å²) in [6.07, 6.45) is -13.2. The van der Waals surface area contributed by atoms with Gasteiger partial charge in [-0.1, -0.05) is 25.5 Å². The first kappa shape index (κ1) is 28.1. The van der Waals surface area contributed by atoms with Gasteiger partial charge in [0, 0.05) is 12.1 Å². The smallest absolute Gasteiger partial charge is 0.386 e. The average Bonchev–Trinajstić information content (AvgIpc) is 2.60. The molecule has 0 aliphatic heterocycles. The maximum absolute atomic E-state index is 12.7. The zero-order valence-corrected chi connectivity index (χ0v) is 18.5. The number of benzene rings is 1. The first-order chi connectivity index (χ1) is 14.4. The zero-order chi connectivity index (χ0) is 25.0. The predicted octanol–water partition coefficient (Wildman–Crippen LogP) is 6.08. The second kappa shape index (κ2) is 10.3. The molecule has 0 unspecified atom stereocenters. The lowest BCUT2D eigenvalue weighted by Gasteiger charge is -2.31. The highest BCUT2D eigenvalue weighted by Gasteiger charge is 2.70. The van der Waals surface area contributed by atoms with Crippen molar-refractivity contribution >= 4 is 17.2 Å². The third-order valence-corrected chi connectivity index (χ3v) is 5.03. The van der Waals surface area contributed by atoms with Crippen LogP contribution in [0.4, 0.5) is 32.0 Å². The molecule has 0 radical (unpaired) electrons. The first-order valence-electron chi connectivity index (χ1n) is 10.2. The van der Waals surface area contributed by atoms with Gasteiger partial charge in [-0.05, 0) is 57.2 Å². The van der Waals surface area contributed by atoms with E-state index in [4.69, 9.17) is 5.11 Å². The number of aliphatic imine (C=N–C) groups is 1. The molecular weight excluding hydrogens is 440 g/mol. The SMILES string of the molecule is CCCC(CCCC(=O)CC(O)(C(F)(F)F)C(F)(F)F)=Nc1ccc(C(C)(C)O)cc1C. The van der Waals surface area contributed by atoms with E-state index in [1.54, 1.807) is 39.0 Å². The maximum Gasteiger partial charge on any atom is 0.426 e. The fourth-order valence-corrected chi connectivity index (χ4v) is 3.08. The number of ketones is 1. The van der Waals surface area contributed by atoms with E-state index in [0.29, 0.717) is 29.8 Å². The number of carbonyl (C=O) groups excluding carboxylic acids is 1. The van der Waals surface area contributed by atoms with Crippen molar-refractivity contribution in [3.8, 4) is 0 Å². The Labute approximate surface area is 183 Å². The molecule has 0 heterocycles. The van der Waals surface area contributed by atoms with E-state index < -0.39 is 42.2 Å². The van der Waals surface area contributed by atoms with Crippen molar-refractivity contribution in [2.45, 2.75) is 89.8 Å². The van der Waals surface area contributed by atoms with Crippen molar-refractivity contribution in [1.82, 2.24) is 0 Å². The molecule has 0 aliphatic carbocycles. The van der Waals surface area contributed by atoms with Gasteiger partial charge in [-0.15, -0.1) is 0 Å². The van der Waals surface area contributed by atoms with E-state index in [-0.39, 0.29) is 12.8 Å². The molecule has 1 rings (SSSR count). The molecule has 0 spiro atoms. The number of alkyl halides is 6. The number of rotatable bonds is 10. The summed E-state index contributed by atoms with van der Waals surface area (Å²) < 4.78 is 76.4. The monoisotopic (exact) mass is 469 g/mol. The van der Waals surface area contributed by atoms with Gasteiger partial charge < -0.3 is 10.2 Å². The lowest BCUT2D eigenvalue weighted by Crippen LogP contribution is -2.57. The molecule has 0 aliphatic rings. The van der Waals surface area contributed by atoms with E-state index in [1.807, 2.05) is 6.92 Å². The van der Waals surface area contributed by atoms with E-state index in [1.165, 1.54) is 0 Å². The van der Waals surface area contributed by atoms with Crippen molar-refractivity contribution < 1.29 is 41.4 Å². The topological polar surface area (TPSA) is 69.9 Å². The molecule has 182 valence electrons. The van der Waals surface area contributed by atoms with Crippen LogP contribution in [0.25, 0.3) is 0 Å². The summed E-state index contributed by atoms with van der Waals surface area (Å²) in [6, 6.07) is 5.21. The Morgan fingerprint density at radius 3 is 1.97 bits per heavy atom. The van der Waals surface area contributed by atoms with E-state index >= 15 is 0 Å². The molecule has 10 heteroatoms. The quantitative estimate of drug-likeness (QED) is 0.322. The van der Waals surface area contributed by atoms with Crippen LogP contribution in [0.5, 0.6) is 0 Å².